The zero-order valence-electron chi connectivity index (χ0n) is 35.8. The smallest absolute Gasteiger partial charge is 0.460 e. The highest BCUT2D eigenvalue weighted by molar-refractivity contribution is 5.98. The monoisotopic (exact) mass is 886 g/mol. The van der Waals surface area contributed by atoms with E-state index in [-0.39, 0.29) is 24.4 Å². The predicted molar refractivity (Wildman–Crippen MR) is 216 cm³/mol. The number of urea groups is 1. The third-order valence-corrected chi connectivity index (χ3v) is 14.9. The molecular formula is C47H59F9N2O4. The van der Waals surface area contributed by atoms with Crippen molar-refractivity contribution in [2.24, 2.45) is 29.1 Å². The molecule has 4 aliphatic rings. The number of hydrogen-bond acceptors (Lipinski definition) is 4. The Kier molecular flexibility index (Phi) is 14.2. The number of unbranched alkanes of at least 4 members (excludes halogenated alkanes) is 4. The van der Waals surface area contributed by atoms with Crippen LogP contribution in [-0.2, 0) is 11.2 Å². The van der Waals surface area contributed by atoms with Crippen LogP contribution in [0.1, 0.15) is 126 Å². The number of halogens is 9. The van der Waals surface area contributed by atoms with Crippen LogP contribution >= 0.6 is 0 Å². The summed E-state index contributed by atoms with van der Waals surface area (Å²) in [5, 5.41) is 11.0. The SMILES string of the molecule is COc1ccc2c(c1)CC(CC=CCCCCCC[C@H](CCC(F)(F)C(F)(F)C(F)(F)C(F)(F)F)C(=O)N1C(=O)N(C)[C@@H](C)[C@H]1c1ccccc1)C1C2CC[C@]2(C)C(O)CCC12. The van der Waals surface area contributed by atoms with Gasteiger partial charge in [0.1, 0.15) is 5.75 Å². The molecule has 62 heavy (non-hydrogen) atoms. The Morgan fingerprint density at radius 3 is 2.29 bits per heavy atom. The van der Waals surface area contributed by atoms with E-state index in [9.17, 15) is 54.2 Å². The van der Waals surface area contributed by atoms with Crippen molar-refractivity contribution in [3.05, 3.63) is 77.4 Å². The molecule has 9 atom stereocenters. The largest absolute Gasteiger partial charge is 0.497 e. The van der Waals surface area contributed by atoms with Crippen molar-refractivity contribution in [3.63, 3.8) is 0 Å². The van der Waals surface area contributed by atoms with E-state index in [2.05, 4.69) is 31.2 Å². The first-order valence-corrected chi connectivity index (χ1v) is 21.9. The number of hydrogen-bond donors (Lipinski definition) is 1. The number of aliphatic hydroxyl groups excluding tert-OH is 1. The first-order valence-electron chi connectivity index (χ1n) is 21.9. The lowest BCUT2D eigenvalue weighted by Gasteiger charge is -2.53. The maximum Gasteiger partial charge on any atom is 0.460 e. The molecule has 1 saturated heterocycles. The zero-order chi connectivity index (χ0) is 45.4. The van der Waals surface area contributed by atoms with Gasteiger partial charge in [0.25, 0.3) is 0 Å². The highest BCUT2D eigenvalue weighted by Gasteiger charge is 2.81. The van der Waals surface area contributed by atoms with E-state index in [1.807, 2.05) is 6.07 Å². The van der Waals surface area contributed by atoms with Gasteiger partial charge in [-0.2, -0.15) is 39.5 Å². The van der Waals surface area contributed by atoms with Crippen LogP contribution in [-0.4, -0.2) is 77.1 Å². The lowest BCUT2D eigenvalue weighted by Crippen LogP contribution is -2.60. The molecule has 0 bridgehead atoms. The molecule has 3 aliphatic carbocycles. The number of allylic oxidation sites excluding steroid dienone is 2. The van der Waals surface area contributed by atoms with Crippen LogP contribution in [0.2, 0.25) is 0 Å². The van der Waals surface area contributed by atoms with Gasteiger partial charge in [0.05, 0.1) is 25.3 Å². The Bertz CT molecular complexity index is 1910. The van der Waals surface area contributed by atoms with Gasteiger partial charge < -0.3 is 14.7 Å². The zero-order valence-corrected chi connectivity index (χ0v) is 35.8. The molecule has 3 fully saturated rings. The van der Waals surface area contributed by atoms with Gasteiger partial charge in [-0.1, -0.05) is 74.7 Å². The van der Waals surface area contributed by atoms with Crippen LogP contribution in [0.5, 0.6) is 5.75 Å². The number of amides is 3. The Morgan fingerprint density at radius 1 is 0.919 bits per heavy atom. The summed E-state index contributed by atoms with van der Waals surface area (Å²) in [7, 11) is 3.10. The lowest BCUT2D eigenvalue weighted by molar-refractivity contribution is -0.396. The van der Waals surface area contributed by atoms with E-state index in [1.165, 1.54) is 23.1 Å². The fraction of sp³-hybridized carbons (Fsp3) is 0.660. The molecule has 0 aromatic heterocycles. The number of fused-ring (bicyclic) bond motifs is 5. The fourth-order valence-electron chi connectivity index (χ4n) is 11.2. The van der Waals surface area contributed by atoms with Crippen molar-refractivity contribution >= 4 is 11.9 Å². The second-order valence-electron chi connectivity index (χ2n) is 18.4. The van der Waals surface area contributed by atoms with E-state index in [0.717, 1.165) is 62.0 Å². The van der Waals surface area contributed by atoms with Gasteiger partial charge >= 0.3 is 30.0 Å². The van der Waals surface area contributed by atoms with Gasteiger partial charge in [-0.05, 0) is 129 Å². The lowest BCUT2D eigenvalue weighted by atomic mass is 9.52. The number of imide groups is 1. The minimum atomic E-state index is -7.03. The van der Waals surface area contributed by atoms with Gasteiger partial charge in [0.2, 0.25) is 5.91 Å². The fourth-order valence-corrected chi connectivity index (χ4v) is 11.2. The molecule has 344 valence electrons. The van der Waals surface area contributed by atoms with Crippen LogP contribution in [0.4, 0.5) is 44.3 Å². The van der Waals surface area contributed by atoms with Gasteiger partial charge in [0, 0.05) is 19.4 Å². The van der Waals surface area contributed by atoms with E-state index in [0.29, 0.717) is 42.1 Å². The van der Waals surface area contributed by atoms with Crippen molar-refractivity contribution in [2.75, 3.05) is 14.2 Å². The molecule has 2 aromatic rings. The van der Waals surface area contributed by atoms with Crippen molar-refractivity contribution < 1.29 is 58.9 Å². The minimum absolute atomic E-state index is 0.0904. The maximum atomic E-state index is 14.8. The molecule has 6 rings (SSSR count). The first kappa shape index (κ1) is 47.7. The highest BCUT2D eigenvalue weighted by atomic mass is 19.4. The summed E-state index contributed by atoms with van der Waals surface area (Å²) in [6.45, 7) is 3.91. The normalized spacial score (nSPS) is 28.5. The molecule has 2 saturated carbocycles. The summed E-state index contributed by atoms with van der Waals surface area (Å²) in [5.41, 5.74) is 3.14. The average Bonchev–Trinajstić information content (AvgIpc) is 3.66. The number of ether oxygens (including phenoxy) is 1. The van der Waals surface area contributed by atoms with Crippen LogP contribution in [0, 0.1) is 29.1 Å². The summed E-state index contributed by atoms with van der Waals surface area (Å²) >= 11 is 0. The Balaban J connectivity index is 1.09. The third-order valence-electron chi connectivity index (χ3n) is 14.9. The second kappa shape index (κ2) is 18.4. The number of aliphatic hydroxyl groups is 1. The summed E-state index contributed by atoms with van der Waals surface area (Å²) in [6.07, 6.45) is 2.09. The molecular weight excluding hydrogens is 828 g/mol. The number of nitrogens with zero attached hydrogens (tertiary/aromatic N) is 2. The molecule has 15 heteroatoms. The summed E-state index contributed by atoms with van der Waals surface area (Å²) < 4.78 is 130. The standard InChI is InChI=1S/C47H59F9N2O4/c1-29-40(30-15-13-10-14-16-30)58(42(61)57(29)3)41(60)31(23-26-44(48,49)45(50,51)46(52,53)47(54,55)56)17-11-8-6-5-7-9-12-18-32-27-33-28-34(62-4)19-20-35(33)36-24-25-43(2)37(39(32)36)21-22-38(43)59/h9-10,12-16,19-20,28-29,31-32,36-40,59H,5-8,11,17-18,21-27H2,1-4H3/t29-,31+,32?,36?,37?,38?,39?,40-,43-/m0/s1. The quantitative estimate of drug-likeness (QED) is 0.0976. The van der Waals surface area contributed by atoms with Crippen LogP contribution in [0.25, 0.3) is 0 Å². The van der Waals surface area contributed by atoms with Gasteiger partial charge in [-0.15, -0.1) is 0 Å². The third kappa shape index (κ3) is 8.86. The maximum absolute atomic E-state index is 14.8. The van der Waals surface area contributed by atoms with Gasteiger partial charge in [-0.25, -0.2) is 4.79 Å². The van der Waals surface area contributed by atoms with E-state index in [4.69, 9.17) is 4.74 Å². The van der Waals surface area contributed by atoms with Gasteiger partial charge in [0.15, 0.2) is 0 Å². The number of alkyl halides is 9. The van der Waals surface area contributed by atoms with Crippen LogP contribution in [0.3, 0.4) is 0 Å². The van der Waals surface area contributed by atoms with Crippen molar-refractivity contribution in [2.45, 2.75) is 152 Å². The summed E-state index contributed by atoms with van der Waals surface area (Å²) in [6, 6.07) is 12.5. The van der Waals surface area contributed by atoms with Crippen molar-refractivity contribution in [1.29, 1.82) is 0 Å². The molecule has 0 spiro atoms. The second-order valence-corrected chi connectivity index (χ2v) is 18.4. The first-order chi connectivity index (χ1) is 29.1. The minimum Gasteiger partial charge on any atom is -0.497 e. The van der Waals surface area contributed by atoms with E-state index < -0.39 is 66.7 Å². The van der Waals surface area contributed by atoms with Gasteiger partial charge in [-0.3, -0.25) is 9.69 Å². The highest BCUT2D eigenvalue weighted by Crippen LogP contribution is 2.63. The molecule has 1 aliphatic heterocycles. The van der Waals surface area contributed by atoms with E-state index >= 15 is 0 Å². The number of methoxy groups -OCH3 is 1. The van der Waals surface area contributed by atoms with Crippen molar-refractivity contribution in [1.82, 2.24) is 9.80 Å². The number of carbonyl (C=O) groups is 2. The molecule has 1 heterocycles. The summed E-state index contributed by atoms with van der Waals surface area (Å²) in [5.74, 6) is -19.7. The Hall–Kier alpha value is -3.75. The Labute approximate surface area is 358 Å². The molecule has 5 unspecified atom stereocenters. The van der Waals surface area contributed by atoms with Crippen LogP contribution in [0.15, 0.2) is 60.7 Å². The molecule has 1 N–H and O–H groups in total. The van der Waals surface area contributed by atoms with E-state index in [1.54, 1.807) is 44.4 Å². The summed E-state index contributed by atoms with van der Waals surface area (Å²) in [4.78, 5) is 29.6. The molecule has 2 aromatic carbocycles. The van der Waals surface area contributed by atoms with Crippen molar-refractivity contribution in [3.8, 4) is 5.75 Å². The number of rotatable bonds is 17. The number of likely N-dealkylation sites (N-methyl/N-ethyl adjacent to an activating group) is 1. The topological polar surface area (TPSA) is 70.1 Å². The molecule has 6 nitrogen and oxygen atoms in total. The molecule has 0 radical (unpaired) electrons. The number of benzene rings is 2. The number of carbonyl (C=O) groups excluding carboxylic acids is 2. The Morgan fingerprint density at radius 2 is 1.61 bits per heavy atom. The predicted octanol–water partition coefficient (Wildman–Crippen LogP) is 12.3. The van der Waals surface area contributed by atoms with Crippen LogP contribution < -0.4 is 4.74 Å². The molecule has 3 amide bonds. The average molecular weight is 887 g/mol.